The van der Waals surface area contributed by atoms with E-state index in [1.165, 1.54) is 50.5 Å². The van der Waals surface area contributed by atoms with Gasteiger partial charge in [-0.05, 0) is 18.4 Å². The Morgan fingerprint density at radius 1 is 0.947 bits per heavy atom. The molecule has 0 saturated carbocycles. The van der Waals surface area contributed by atoms with Crippen LogP contribution in [-0.2, 0) is 16.1 Å². The molecule has 1 aromatic carbocycles. The summed E-state index contributed by atoms with van der Waals surface area (Å²) in [7, 11) is 0. The number of unbranched alkanes of at least 4 members (excludes halogenated alkanes) is 5. The quantitative estimate of drug-likeness (QED) is 0.437. The van der Waals surface area contributed by atoms with Crippen molar-refractivity contribution in [3.63, 3.8) is 0 Å². The third-order valence-corrected chi connectivity index (χ3v) is 3.58. The van der Waals surface area contributed by atoms with E-state index in [0.29, 0.717) is 6.10 Å². The van der Waals surface area contributed by atoms with Crippen molar-refractivity contribution in [1.82, 2.24) is 0 Å². The largest absolute Gasteiger partial charge is 0.377 e. The average molecular weight is 262 g/mol. The number of ether oxygens (including phenoxy) is 2. The summed E-state index contributed by atoms with van der Waals surface area (Å²) in [5.41, 5.74) is 1.27. The summed E-state index contributed by atoms with van der Waals surface area (Å²) < 4.78 is 10.9. The van der Waals surface area contributed by atoms with Crippen molar-refractivity contribution in [2.45, 2.75) is 57.7 Å². The first kappa shape index (κ1) is 14.5. The molecule has 0 radical (unpaired) electrons. The molecular formula is C17H26O2. The average Bonchev–Trinajstić information content (AvgIpc) is 3.26. The Kier molecular flexibility index (Phi) is 6.97. The molecule has 0 bridgehead atoms. The lowest BCUT2D eigenvalue weighted by atomic mass is 10.1. The molecular weight excluding hydrogens is 236 g/mol. The third kappa shape index (κ3) is 7.34. The zero-order valence-electron chi connectivity index (χ0n) is 11.9. The molecule has 1 aromatic rings. The molecule has 1 heterocycles. The van der Waals surface area contributed by atoms with E-state index in [9.17, 15) is 0 Å². The number of hydrogen-bond donors (Lipinski definition) is 0. The predicted octanol–water partition coefficient (Wildman–Crippen LogP) is 4.33. The van der Waals surface area contributed by atoms with Crippen LogP contribution < -0.4 is 0 Å². The predicted molar refractivity (Wildman–Crippen MR) is 78.2 cm³/mol. The number of benzene rings is 1. The first-order valence-electron chi connectivity index (χ1n) is 7.68. The van der Waals surface area contributed by atoms with Crippen LogP contribution in [0, 0.1) is 0 Å². The maximum Gasteiger partial charge on any atom is 0.0810 e. The molecule has 0 aliphatic carbocycles. The van der Waals surface area contributed by atoms with Crippen LogP contribution in [0.4, 0.5) is 0 Å². The monoisotopic (exact) mass is 262 g/mol. The van der Waals surface area contributed by atoms with Crippen molar-refractivity contribution >= 4 is 0 Å². The highest BCUT2D eigenvalue weighted by molar-refractivity contribution is 5.13. The van der Waals surface area contributed by atoms with Crippen LogP contribution in [0.15, 0.2) is 30.3 Å². The van der Waals surface area contributed by atoms with Crippen LogP contribution in [0.1, 0.15) is 50.5 Å². The standard InChI is InChI=1S/C17H26O2/c1(3-8-12-17-15-19-17)2-4-9-13-18-14-16-10-6-5-7-11-16/h5-7,10-11,17H,1-4,8-9,12-15H2. The van der Waals surface area contributed by atoms with Crippen LogP contribution in [-0.4, -0.2) is 19.3 Å². The Balaban J connectivity index is 1.32. The maximum absolute atomic E-state index is 5.67. The Morgan fingerprint density at radius 2 is 1.63 bits per heavy atom. The highest BCUT2D eigenvalue weighted by atomic mass is 16.6. The molecule has 0 N–H and O–H groups in total. The number of hydrogen-bond acceptors (Lipinski definition) is 2. The van der Waals surface area contributed by atoms with Gasteiger partial charge in [0.1, 0.15) is 0 Å². The van der Waals surface area contributed by atoms with Gasteiger partial charge in [0.15, 0.2) is 0 Å². The number of epoxide rings is 1. The van der Waals surface area contributed by atoms with Crippen LogP contribution in [0.5, 0.6) is 0 Å². The maximum atomic E-state index is 5.67. The summed E-state index contributed by atoms with van der Waals surface area (Å²) in [6, 6.07) is 10.4. The van der Waals surface area contributed by atoms with E-state index in [1.807, 2.05) is 6.07 Å². The summed E-state index contributed by atoms with van der Waals surface area (Å²) >= 11 is 0. The minimum atomic E-state index is 0.617. The SMILES string of the molecule is c1ccc(COCCCCCCCCC2CO2)cc1. The van der Waals surface area contributed by atoms with E-state index < -0.39 is 0 Å². The van der Waals surface area contributed by atoms with Crippen LogP contribution in [0.3, 0.4) is 0 Å². The van der Waals surface area contributed by atoms with Crippen molar-refractivity contribution in [2.24, 2.45) is 0 Å². The molecule has 1 unspecified atom stereocenters. The van der Waals surface area contributed by atoms with Crippen LogP contribution in [0.25, 0.3) is 0 Å². The Morgan fingerprint density at radius 3 is 2.37 bits per heavy atom. The summed E-state index contributed by atoms with van der Waals surface area (Å²) in [6.07, 6.45) is 9.81. The molecule has 1 aliphatic rings. The van der Waals surface area contributed by atoms with Gasteiger partial charge in [-0.25, -0.2) is 0 Å². The fourth-order valence-corrected chi connectivity index (χ4v) is 2.28. The van der Waals surface area contributed by atoms with E-state index in [1.54, 1.807) is 0 Å². The second kappa shape index (κ2) is 9.11. The van der Waals surface area contributed by atoms with Gasteiger partial charge in [0.25, 0.3) is 0 Å². The van der Waals surface area contributed by atoms with E-state index in [4.69, 9.17) is 9.47 Å². The zero-order chi connectivity index (χ0) is 13.2. The van der Waals surface area contributed by atoms with Gasteiger partial charge in [0.05, 0.1) is 19.3 Å². The van der Waals surface area contributed by atoms with Crippen molar-refractivity contribution in [3.05, 3.63) is 35.9 Å². The number of rotatable bonds is 11. The fraction of sp³-hybridized carbons (Fsp3) is 0.647. The second-order valence-corrected chi connectivity index (χ2v) is 5.40. The third-order valence-electron chi connectivity index (χ3n) is 3.58. The van der Waals surface area contributed by atoms with Gasteiger partial charge in [0, 0.05) is 6.61 Å². The molecule has 2 heteroatoms. The first-order chi connectivity index (χ1) is 9.45. The lowest BCUT2D eigenvalue weighted by Crippen LogP contribution is -1.95. The molecule has 1 fully saturated rings. The second-order valence-electron chi connectivity index (χ2n) is 5.40. The van der Waals surface area contributed by atoms with Gasteiger partial charge in [-0.15, -0.1) is 0 Å². The molecule has 1 atom stereocenters. The molecule has 19 heavy (non-hydrogen) atoms. The summed E-state index contributed by atoms with van der Waals surface area (Å²) in [5, 5.41) is 0. The van der Waals surface area contributed by atoms with Gasteiger partial charge in [0.2, 0.25) is 0 Å². The first-order valence-corrected chi connectivity index (χ1v) is 7.68. The lowest BCUT2D eigenvalue weighted by Gasteiger charge is -2.04. The molecule has 1 aliphatic heterocycles. The zero-order valence-corrected chi connectivity index (χ0v) is 11.9. The molecule has 0 spiro atoms. The Labute approximate surface area is 117 Å². The van der Waals surface area contributed by atoms with E-state index in [0.717, 1.165) is 19.8 Å². The van der Waals surface area contributed by atoms with Crippen molar-refractivity contribution in [2.75, 3.05) is 13.2 Å². The van der Waals surface area contributed by atoms with Crippen LogP contribution >= 0.6 is 0 Å². The van der Waals surface area contributed by atoms with E-state index in [2.05, 4.69) is 24.3 Å². The fourth-order valence-electron chi connectivity index (χ4n) is 2.28. The summed E-state index contributed by atoms with van der Waals surface area (Å²) in [6.45, 7) is 2.66. The van der Waals surface area contributed by atoms with E-state index >= 15 is 0 Å². The highest BCUT2D eigenvalue weighted by Crippen LogP contribution is 2.18. The van der Waals surface area contributed by atoms with Gasteiger partial charge >= 0.3 is 0 Å². The van der Waals surface area contributed by atoms with Crippen molar-refractivity contribution in [1.29, 1.82) is 0 Å². The van der Waals surface area contributed by atoms with Gasteiger partial charge in [-0.1, -0.05) is 62.4 Å². The van der Waals surface area contributed by atoms with Crippen molar-refractivity contribution in [3.8, 4) is 0 Å². The Hall–Kier alpha value is -0.860. The Bertz CT molecular complexity index is 319. The minimum Gasteiger partial charge on any atom is -0.377 e. The normalized spacial score (nSPS) is 17.6. The topological polar surface area (TPSA) is 21.8 Å². The summed E-state index contributed by atoms with van der Waals surface area (Å²) in [5.74, 6) is 0. The molecule has 0 aromatic heterocycles. The highest BCUT2D eigenvalue weighted by Gasteiger charge is 2.20. The van der Waals surface area contributed by atoms with Crippen LogP contribution in [0.2, 0.25) is 0 Å². The molecule has 2 rings (SSSR count). The minimum absolute atomic E-state index is 0.617. The van der Waals surface area contributed by atoms with Gasteiger partial charge in [-0.2, -0.15) is 0 Å². The summed E-state index contributed by atoms with van der Waals surface area (Å²) in [4.78, 5) is 0. The lowest BCUT2D eigenvalue weighted by molar-refractivity contribution is 0.116. The van der Waals surface area contributed by atoms with E-state index in [-0.39, 0.29) is 0 Å². The molecule has 106 valence electrons. The smallest absolute Gasteiger partial charge is 0.0810 e. The van der Waals surface area contributed by atoms with Gasteiger partial charge < -0.3 is 9.47 Å². The molecule has 1 saturated heterocycles. The van der Waals surface area contributed by atoms with Crippen molar-refractivity contribution < 1.29 is 9.47 Å². The molecule has 2 nitrogen and oxygen atoms in total. The van der Waals surface area contributed by atoms with Gasteiger partial charge in [-0.3, -0.25) is 0 Å². The molecule has 0 amide bonds.